The second-order valence-electron chi connectivity index (χ2n) is 6.47. The predicted molar refractivity (Wildman–Crippen MR) is 95.1 cm³/mol. The predicted octanol–water partition coefficient (Wildman–Crippen LogP) is 2.48. The highest BCUT2D eigenvalue weighted by atomic mass is 35.5. The number of hydrogen-bond donors (Lipinski definition) is 1. The summed E-state index contributed by atoms with van der Waals surface area (Å²) in [6, 6.07) is 6.64. The SMILES string of the molecule is CN(CC(=O)N1CCCC(C(=O)O)C1)C(=O)c1cc2cc(Cl)ccc2o1. The number of nitrogens with zero attached hydrogens (tertiary/aromatic N) is 2. The molecule has 1 aromatic carbocycles. The molecule has 1 fully saturated rings. The van der Waals surface area contributed by atoms with Gasteiger partial charge in [0.25, 0.3) is 5.91 Å². The van der Waals surface area contributed by atoms with Gasteiger partial charge in [0.05, 0.1) is 12.5 Å². The molecule has 1 aromatic heterocycles. The van der Waals surface area contributed by atoms with Gasteiger partial charge in [-0.3, -0.25) is 14.4 Å². The Bertz CT molecular complexity index is 862. The molecule has 138 valence electrons. The van der Waals surface area contributed by atoms with Crippen LogP contribution in [0.2, 0.25) is 5.02 Å². The summed E-state index contributed by atoms with van der Waals surface area (Å²) in [5.41, 5.74) is 0.540. The lowest BCUT2D eigenvalue weighted by Crippen LogP contribution is -2.46. The van der Waals surface area contributed by atoms with Crippen molar-refractivity contribution in [1.82, 2.24) is 9.80 Å². The topological polar surface area (TPSA) is 91.1 Å². The summed E-state index contributed by atoms with van der Waals surface area (Å²) in [5, 5.41) is 10.4. The van der Waals surface area contributed by atoms with Crippen molar-refractivity contribution in [3.8, 4) is 0 Å². The molecule has 1 N–H and O–H groups in total. The molecule has 0 saturated carbocycles. The summed E-state index contributed by atoms with van der Waals surface area (Å²) < 4.78 is 5.53. The van der Waals surface area contributed by atoms with Crippen molar-refractivity contribution in [2.45, 2.75) is 12.8 Å². The summed E-state index contributed by atoms with van der Waals surface area (Å²) in [4.78, 5) is 38.8. The molecule has 8 heteroatoms. The van der Waals surface area contributed by atoms with Crippen LogP contribution >= 0.6 is 11.6 Å². The number of likely N-dealkylation sites (tertiary alicyclic amines) is 1. The van der Waals surface area contributed by atoms with Gasteiger partial charge in [0.2, 0.25) is 5.91 Å². The number of carbonyl (C=O) groups excluding carboxylic acids is 2. The van der Waals surface area contributed by atoms with E-state index in [2.05, 4.69) is 0 Å². The summed E-state index contributed by atoms with van der Waals surface area (Å²) in [6.45, 7) is 0.552. The number of carboxylic acid groups (broad SMARTS) is 1. The van der Waals surface area contributed by atoms with Crippen LogP contribution in [0, 0.1) is 5.92 Å². The van der Waals surface area contributed by atoms with Crippen molar-refractivity contribution < 1.29 is 23.9 Å². The Morgan fingerprint density at radius 3 is 2.85 bits per heavy atom. The fourth-order valence-corrected chi connectivity index (χ4v) is 3.27. The first-order valence-electron chi connectivity index (χ1n) is 8.30. The second kappa shape index (κ2) is 7.37. The maximum atomic E-state index is 12.5. The van der Waals surface area contributed by atoms with E-state index in [9.17, 15) is 14.4 Å². The van der Waals surface area contributed by atoms with Gasteiger partial charge in [-0.25, -0.2) is 0 Å². The number of likely N-dealkylation sites (N-methyl/N-ethyl adjacent to an activating group) is 1. The number of carbonyl (C=O) groups is 3. The molecule has 2 heterocycles. The van der Waals surface area contributed by atoms with E-state index in [0.717, 1.165) is 0 Å². The summed E-state index contributed by atoms with van der Waals surface area (Å²) in [5.74, 6) is -2.01. The number of aliphatic carboxylic acids is 1. The maximum absolute atomic E-state index is 12.5. The molecule has 1 aliphatic rings. The molecule has 3 rings (SSSR count). The van der Waals surface area contributed by atoms with Crippen molar-refractivity contribution in [2.24, 2.45) is 5.92 Å². The van der Waals surface area contributed by atoms with Gasteiger partial charge in [0, 0.05) is 30.5 Å². The lowest BCUT2D eigenvalue weighted by atomic mass is 9.98. The van der Waals surface area contributed by atoms with E-state index in [1.165, 1.54) is 16.8 Å². The van der Waals surface area contributed by atoms with Gasteiger partial charge in [-0.15, -0.1) is 0 Å². The number of benzene rings is 1. The minimum atomic E-state index is -0.895. The van der Waals surface area contributed by atoms with E-state index in [0.29, 0.717) is 35.4 Å². The van der Waals surface area contributed by atoms with Gasteiger partial charge in [0.15, 0.2) is 5.76 Å². The molecule has 1 aliphatic heterocycles. The smallest absolute Gasteiger partial charge is 0.308 e. The average Bonchev–Trinajstić information content (AvgIpc) is 3.04. The number of amides is 2. The molecule has 7 nitrogen and oxygen atoms in total. The normalized spacial score (nSPS) is 17.3. The van der Waals surface area contributed by atoms with E-state index >= 15 is 0 Å². The molecule has 2 amide bonds. The van der Waals surface area contributed by atoms with E-state index in [-0.39, 0.29) is 24.8 Å². The van der Waals surface area contributed by atoms with Gasteiger partial charge in [-0.1, -0.05) is 11.6 Å². The maximum Gasteiger partial charge on any atom is 0.308 e. The van der Waals surface area contributed by atoms with Gasteiger partial charge in [-0.05, 0) is 37.1 Å². The first kappa shape index (κ1) is 18.3. The molecule has 1 saturated heterocycles. The molecular formula is C18H19ClN2O5. The van der Waals surface area contributed by atoms with Crippen LogP contribution in [0.5, 0.6) is 0 Å². The van der Waals surface area contributed by atoms with Crippen LogP contribution in [-0.4, -0.2) is 59.4 Å². The fraction of sp³-hybridized carbons (Fsp3) is 0.389. The van der Waals surface area contributed by atoms with Gasteiger partial charge in [0.1, 0.15) is 5.58 Å². The van der Waals surface area contributed by atoms with Crippen LogP contribution < -0.4 is 0 Å². The van der Waals surface area contributed by atoms with Crippen molar-refractivity contribution in [1.29, 1.82) is 0 Å². The van der Waals surface area contributed by atoms with Gasteiger partial charge in [-0.2, -0.15) is 0 Å². The largest absolute Gasteiger partial charge is 0.481 e. The lowest BCUT2D eigenvalue weighted by molar-refractivity contribution is -0.145. The van der Waals surface area contributed by atoms with E-state index in [1.54, 1.807) is 24.3 Å². The van der Waals surface area contributed by atoms with Crippen LogP contribution in [0.1, 0.15) is 23.4 Å². The highest BCUT2D eigenvalue weighted by molar-refractivity contribution is 6.31. The van der Waals surface area contributed by atoms with E-state index in [1.807, 2.05) is 0 Å². The van der Waals surface area contributed by atoms with Crippen LogP contribution in [0.4, 0.5) is 0 Å². The fourth-order valence-electron chi connectivity index (χ4n) is 3.09. The number of hydrogen-bond acceptors (Lipinski definition) is 4. The molecule has 0 radical (unpaired) electrons. The average molecular weight is 379 g/mol. The van der Waals surface area contributed by atoms with Crippen LogP contribution in [0.25, 0.3) is 11.0 Å². The van der Waals surface area contributed by atoms with Crippen molar-refractivity contribution in [3.05, 3.63) is 35.0 Å². The Morgan fingerprint density at radius 2 is 2.12 bits per heavy atom. The molecule has 0 bridgehead atoms. The Hall–Kier alpha value is -2.54. The number of fused-ring (bicyclic) bond motifs is 1. The Labute approximate surface area is 155 Å². The quantitative estimate of drug-likeness (QED) is 0.882. The third kappa shape index (κ3) is 3.83. The first-order chi connectivity index (χ1) is 12.3. The summed E-state index contributed by atoms with van der Waals surface area (Å²) in [7, 11) is 1.51. The zero-order valence-electron chi connectivity index (χ0n) is 14.3. The van der Waals surface area contributed by atoms with Crippen LogP contribution in [-0.2, 0) is 9.59 Å². The molecule has 0 spiro atoms. The van der Waals surface area contributed by atoms with E-state index in [4.69, 9.17) is 21.1 Å². The second-order valence-corrected chi connectivity index (χ2v) is 6.91. The molecular weight excluding hydrogens is 360 g/mol. The van der Waals surface area contributed by atoms with Crippen molar-refractivity contribution >= 4 is 40.4 Å². The summed E-state index contributed by atoms with van der Waals surface area (Å²) in [6.07, 6.45) is 1.21. The minimum Gasteiger partial charge on any atom is -0.481 e. The highest BCUT2D eigenvalue weighted by Crippen LogP contribution is 2.24. The number of rotatable bonds is 4. The Morgan fingerprint density at radius 1 is 1.35 bits per heavy atom. The number of piperidine rings is 1. The number of furan rings is 1. The lowest BCUT2D eigenvalue weighted by Gasteiger charge is -2.31. The van der Waals surface area contributed by atoms with Gasteiger partial charge < -0.3 is 19.3 Å². The molecule has 2 aromatic rings. The number of carboxylic acids is 1. The molecule has 26 heavy (non-hydrogen) atoms. The third-order valence-electron chi connectivity index (χ3n) is 4.53. The Kier molecular flexibility index (Phi) is 5.18. The summed E-state index contributed by atoms with van der Waals surface area (Å²) >= 11 is 5.93. The van der Waals surface area contributed by atoms with Crippen molar-refractivity contribution in [3.63, 3.8) is 0 Å². The van der Waals surface area contributed by atoms with Gasteiger partial charge >= 0.3 is 5.97 Å². The zero-order chi connectivity index (χ0) is 18.8. The first-order valence-corrected chi connectivity index (χ1v) is 8.68. The minimum absolute atomic E-state index is 0.125. The highest BCUT2D eigenvalue weighted by Gasteiger charge is 2.29. The van der Waals surface area contributed by atoms with Crippen LogP contribution in [0.15, 0.2) is 28.7 Å². The Balaban J connectivity index is 1.66. The zero-order valence-corrected chi connectivity index (χ0v) is 15.0. The van der Waals surface area contributed by atoms with Crippen LogP contribution in [0.3, 0.4) is 0 Å². The third-order valence-corrected chi connectivity index (χ3v) is 4.77. The molecule has 1 unspecified atom stereocenters. The monoisotopic (exact) mass is 378 g/mol. The molecule has 0 aliphatic carbocycles. The van der Waals surface area contributed by atoms with E-state index < -0.39 is 17.8 Å². The number of halogens is 1. The molecule has 1 atom stereocenters. The van der Waals surface area contributed by atoms with Crippen molar-refractivity contribution in [2.75, 3.05) is 26.7 Å². The standard InChI is InChI=1S/C18H19ClN2O5/c1-20(10-16(22)21-6-2-3-11(9-21)18(24)25)17(23)15-8-12-7-13(19)4-5-14(12)26-15/h4-5,7-8,11H,2-3,6,9-10H2,1H3,(H,24,25).